The van der Waals surface area contributed by atoms with Crippen LogP contribution >= 0.6 is 53.2 Å². The summed E-state index contributed by atoms with van der Waals surface area (Å²) < 4.78 is 45.1. The molecular weight excluding hydrogens is 583 g/mol. The highest BCUT2D eigenvalue weighted by molar-refractivity contribution is 9.10. The fraction of sp³-hybridized carbons (Fsp3) is 0.429. The first kappa shape index (κ1) is 25.6. The van der Waals surface area contributed by atoms with Crippen LogP contribution in [-0.4, -0.2) is 47.3 Å². The average molecular weight is 599 g/mol. The van der Waals surface area contributed by atoms with Crippen molar-refractivity contribution in [3.63, 3.8) is 0 Å². The molecule has 0 aromatic carbocycles. The normalized spacial score (nSPS) is 13.9. The van der Waals surface area contributed by atoms with Crippen molar-refractivity contribution in [1.82, 2.24) is 19.9 Å². The van der Waals surface area contributed by atoms with E-state index in [0.717, 1.165) is 8.95 Å². The molecule has 0 amide bonds. The predicted octanol–water partition coefficient (Wildman–Crippen LogP) is 3.48. The second-order valence-electron chi connectivity index (χ2n) is 5.62. The minimum atomic E-state index is -3.53. The van der Waals surface area contributed by atoms with Crippen molar-refractivity contribution in [3.8, 4) is 0 Å². The van der Waals surface area contributed by atoms with E-state index in [1.807, 2.05) is 0 Å². The van der Waals surface area contributed by atoms with Crippen molar-refractivity contribution in [2.45, 2.75) is 37.2 Å². The molecule has 0 unspecified atom stereocenters. The maximum Gasteiger partial charge on any atom is 0.235 e. The zero-order valence-corrected chi connectivity index (χ0v) is 20.9. The summed E-state index contributed by atoms with van der Waals surface area (Å²) in [5, 5.41) is -1.35. The molecule has 0 bridgehead atoms. The van der Waals surface area contributed by atoms with Crippen LogP contribution in [0.2, 0.25) is 0 Å². The summed E-state index contributed by atoms with van der Waals surface area (Å²) in [4.78, 5) is 15.8. The van der Waals surface area contributed by atoms with E-state index in [2.05, 4.69) is 51.8 Å². The molecule has 2 aromatic heterocycles. The SMILES string of the molecule is C[C@@H](Cc1ncc(Br)cn1)S(=O)(=O)Cl.C[C@H](Cc1ncc(Br)cn1)S(=O)(=O)Cl. The fourth-order valence-electron chi connectivity index (χ4n) is 1.60. The van der Waals surface area contributed by atoms with Gasteiger partial charge in [0.15, 0.2) is 0 Å². The van der Waals surface area contributed by atoms with Gasteiger partial charge in [0.25, 0.3) is 0 Å². The first-order valence-corrected chi connectivity index (χ1v) is 13.9. The molecule has 0 saturated carbocycles. The Morgan fingerprint density at radius 3 is 1.21 bits per heavy atom. The Hall–Kier alpha value is -0.400. The number of halogens is 4. The molecule has 0 spiro atoms. The Morgan fingerprint density at radius 1 is 0.750 bits per heavy atom. The Kier molecular flexibility index (Phi) is 10.2. The maximum atomic E-state index is 10.9. The van der Waals surface area contributed by atoms with E-state index in [9.17, 15) is 16.8 Å². The second kappa shape index (κ2) is 11.1. The van der Waals surface area contributed by atoms with Crippen molar-refractivity contribution < 1.29 is 16.8 Å². The summed E-state index contributed by atoms with van der Waals surface area (Å²) in [7, 11) is 3.28. The maximum absolute atomic E-state index is 10.9. The lowest BCUT2D eigenvalue weighted by atomic mass is 10.3. The van der Waals surface area contributed by atoms with Crippen LogP contribution in [0.15, 0.2) is 33.7 Å². The smallest absolute Gasteiger partial charge is 0.235 e. The molecule has 2 aromatic rings. The van der Waals surface area contributed by atoms with Gasteiger partial charge in [0, 0.05) is 59.0 Å². The Labute approximate surface area is 189 Å². The van der Waals surface area contributed by atoms with Crippen LogP contribution in [0.5, 0.6) is 0 Å². The minimum Gasteiger partial charge on any atom is -0.240 e. The molecule has 14 heteroatoms. The molecule has 2 rings (SSSR count). The van der Waals surface area contributed by atoms with Gasteiger partial charge >= 0.3 is 0 Å². The average Bonchev–Trinajstić information content (AvgIpc) is 2.58. The summed E-state index contributed by atoms with van der Waals surface area (Å²) >= 11 is 6.36. The molecule has 0 saturated heterocycles. The first-order chi connectivity index (χ1) is 12.8. The van der Waals surface area contributed by atoms with Crippen LogP contribution in [0, 0.1) is 0 Å². The van der Waals surface area contributed by atoms with E-state index >= 15 is 0 Å². The lowest BCUT2D eigenvalue weighted by molar-refractivity contribution is 0.593. The Bertz CT molecular complexity index is 894. The predicted molar refractivity (Wildman–Crippen MR) is 115 cm³/mol. The summed E-state index contributed by atoms with van der Waals surface area (Å²) in [5.41, 5.74) is 0. The quantitative estimate of drug-likeness (QED) is 0.464. The summed E-state index contributed by atoms with van der Waals surface area (Å²) in [5.74, 6) is 0.926. The van der Waals surface area contributed by atoms with Gasteiger partial charge in [0.1, 0.15) is 11.6 Å². The lowest BCUT2D eigenvalue weighted by Crippen LogP contribution is -2.16. The topological polar surface area (TPSA) is 120 Å². The molecule has 2 heterocycles. The summed E-state index contributed by atoms with van der Waals surface area (Å²) in [6.45, 7) is 3.04. The molecule has 8 nitrogen and oxygen atoms in total. The molecule has 0 N–H and O–H groups in total. The number of hydrogen-bond donors (Lipinski definition) is 0. The summed E-state index contributed by atoms with van der Waals surface area (Å²) in [6, 6.07) is 0. The van der Waals surface area contributed by atoms with Crippen molar-refractivity contribution in [1.29, 1.82) is 0 Å². The van der Waals surface area contributed by atoms with Gasteiger partial charge in [0.2, 0.25) is 18.1 Å². The van der Waals surface area contributed by atoms with Gasteiger partial charge in [0.05, 0.1) is 19.4 Å². The Balaban J connectivity index is 0.000000280. The first-order valence-electron chi connectivity index (χ1n) is 7.58. The van der Waals surface area contributed by atoms with Gasteiger partial charge in [-0.15, -0.1) is 0 Å². The second-order valence-corrected chi connectivity index (χ2v) is 13.5. The zero-order chi connectivity index (χ0) is 21.5. The van der Waals surface area contributed by atoms with Crippen molar-refractivity contribution >= 4 is 71.3 Å². The van der Waals surface area contributed by atoms with E-state index in [0.29, 0.717) is 11.6 Å². The van der Waals surface area contributed by atoms with Gasteiger partial charge in [-0.2, -0.15) is 0 Å². The van der Waals surface area contributed by atoms with Crippen LogP contribution < -0.4 is 0 Å². The minimum absolute atomic E-state index is 0.221. The molecule has 156 valence electrons. The van der Waals surface area contributed by atoms with Gasteiger partial charge in [-0.1, -0.05) is 0 Å². The van der Waals surface area contributed by atoms with E-state index < -0.39 is 28.6 Å². The number of rotatable bonds is 6. The van der Waals surface area contributed by atoms with Crippen molar-refractivity contribution in [3.05, 3.63) is 45.4 Å². The van der Waals surface area contributed by atoms with Gasteiger partial charge < -0.3 is 0 Å². The van der Waals surface area contributed by atoms with Crippen molar-refractivity contribution in [2.24, 2.45) is 0 Å². The standard InChI is InChI=1S/2C7H8BrClN2O2S/c2*1-5(14(9,12)13)2-7-10-3-6(8)4-11-7/h2*3-5H,2H2,1H3/t2*5-/m10/s1. The molecule has 28 heavy (non-hydrogen) atoms. The van der Waals surface area contributed by atoms with Crippen LogP contribution in [0.1, 0.15) is 25.5 Å². The van der Waals surface area contributed by atoms with E-state index in [1.165, 1.54) is 13.8 Å². The highest BCUT2D eigenvalue weighted by Crippen LogP contribution is 2.13. The molecule has 0 aliphatic rings. The van der Waals surface area contributed by atoms with Gasteiger partial charge in [-0.3, -0.25) is 0 Å². The number of hydrogen-bond acceptors (Lipinski definition) is 8. The van der Waals surface area contributed by atoms with Gasteiger partial charge in [-0.05, 0) is 45.7 Å². The summed E-state index contributed by atoms with van der Waals surface area (Å²) in [6.07, 6.45) is 6.70. The number of nitrogens with zero attached hydrogens (tertiary/aromatic N) is 4. The highest BCUT2D eigenvalue weighted by atomic mass is 79.9. The van der Waals surface area contributed by atoms with Crippen LogP contribution in [-0.2, 0) is 30.9 Å². The monoisotopic (exact) mass is 596 g/mol. The third-order valence-corrected chi connectivity index (χ3v) is 8.15. The third kappa shape index (κ3) is 9.88. The number of aromatic nitrogens is 4. The molecule has 2 atom stereocenters. The van der Waals surface area contributed by atoms with Gasteiger partial charge in [-0.25, -0.2) is 36.8 Å². The molecule has 0 aliphatic carbocycles. The third-order valence-electron chi connectivity index (χ3n) is 3.25. The zero-order valence-electron chi connectivity index (χ0n) is 14.6. The largest absolute Gasteiger partial charge is 0.240 e. The van der Waals surface area contributed by atoms with Crippen LogP contribution in [0.4, 0.5) is 0 Å². The van der Waals surface area contributed by atoms with Crippen LogP contribution in [0.25, 0.3) is 0 Å². The van der Waals surface area contributed by atoms with E-state index in [1.54, 1.807) is 24.8 Å². The van der Waals surface area contributed by atoms with Crippen LogP contribution in [0.3, 0.4) is 0 Å². The molecule has 0 aliphatic heterocycles. The Morgan fingerprint density at radius 2 is 1.00 bits per heavy atom. The van der Waals surface area contributed by atoms with Crippen molar-refractivity contribution in [2.75, 3.05) is 0 Å². The molecule has 0 fully saturated rings. The molecule has 0 radical (unpaired) electrons. The fourth-order valence-corrected chi connectivity index (χ4v) is 3.09. The highest BCUT2D eigenvalue weighted by Gasteiger charge is 2.19. The van der Waals surface area contributed by atoms with E-state index in [-0.39, 0.29) is 12.8 Å². The molecular formula is C14H16Br2Cl2N4O4S2. The lowest BCUT2D eigenvalue weighted by Gasteiger charge is -2.05. The van der Waals surface area contributed by atoms with E-state index in [4.69, 9.17) is 21.4 Å².